The van der Waals surface area contributed by atoms with Crippen LogP contribution in [0.1, 0.15) is 38.8 Å². The molecule has 1 aliphatic carbocycles. The fraction of sp³-hybridized carbons (Fsp3) is 0.667. The van der Waals surface area contributed by atoms with Gasteiger partial charge in [-0.05, 0) is 37.3 Å². The average molecular weight is 521 g/mol. The fourth-order valence-corrected chi connectivity index (χ4v) is 6.28. The molecule has 1 aromatic rings. The van der Waals surface area contributed by atoms with Crippen LogP contribution >= 0.6 is 0 Å². The highest BCUT2D eigenvalue weighted by molar-refractivity contribution is 5.88. The number of piperazine rings is 1. The zero-order valence-corrected chi connectivity index (χ0v) is 21.5. The topological polar surface area (TPSA) is 67.3 Å². The van der Waals surface area contributed by atoms with E-state index in [1.54, 1.807) is 13.2 Å². The molecule has 4 heterocycles. The van der Waals surface area contributed by atoms with Gasteiger partial charge in [-0.2, -0.15) is 13.2 Å². The van der Waals surface area contributed by atoms with Gasteiger partial charge in [-0.25, -0.2) is 4.98 Å². The second-order valence-electron chi connectivity index (χ2n) is 11.0. The van der Waals surface area contributed by atoms with E-state index in [-0.39, 0.29) is 42.0 Å². The first-order valence-corrected chi connectivity index (χ1v) is 13.1. The average Bonchev–Trinajstić information content (AvgIpc) is 3.62. The Morgan fingerprint density at radius 1 is 1.30 bits per heavy atom. The van der Waals surface area contributed by atoms with E-state index in [4.69, 9.17) is 14.5 Å². The van der Waals surface area contributed by atoms with E-state index in [9.17, 15) is 18.0 Å². The van der Waals surface area contributed by atoms with Crippen LogP contribution in [-0.4, -0.2) is 79.6 Å². The summed E-state index contributed by atoms with van der Waals surface area (Å²) in [6.07, 6.45) is 3.81. The van der Waals surface area contributed by atoms with Crippen molar-refractivity contribution in [2.75, 3.05) is 38.3 Å². The van der Waals surface area contributed by atoms with Crippen molar-refractivity contribution in [1.29, 1.82) is 0 Å². The van der Waals surface area contributed by atoms with Crippen molar-refractivity contribution in [1.82, 2.24) is 9.88 Å². The zero-order valence-electron chi connectivity index (χ0n) is 21.5. The predicted molar refractivity (Wildman–Crippen MR) is 134 cm³/mol. The van der Waals surface area contributed by atoms with E-state index in [1.807, 2.05) is 16.0 Å². The highest BCUT2D eigenvalue weighted by atomic mass is 19.4. The minimum Gasteiger partial charge on any atom is -0.379 e. The largest absolute Gasteiger partial charge is 0.433 e. The highest BCUT2D eigenvalue weighted by Gasteiger charge is 2.53. The molecular weight excluding hydrogens is 485 g/mol. The number of amides is 1. The number of hydrogen-bond donors (Lipinski definition) is 0. The molecule has 6 atom stereocenters. The van der Waals surface area contributed by atoms with Gasteiger partial charge in [0.05, 0.1) is 30.1 Å². The molecule has 1 amide bonds. The molecule has 202 valence electrons. The molecule has 2 bridgehead atoms. The van der Waals surface area contributed by atoms with Gasteiger partial charge < -0.3 is 19.3 Å². The molecule has 37 heavy (non-hydrogen) atoms. The van der Waals surface area contributed by atoms with Crippen molar-refractivity contribution in [2.45, 2.75) is 63.5 Å². The van der Waals surface area contributed by atoms with Crippen molar-refractivity contribution in [2.24, 2.45) is 22.2 Å². The lowest BCUT2D eigenvalue weighted by atomic mass is 9.74. The van der Waals surface area contributed by atoms with Crippen LogP contribution in [0.25, 0.3) is 0 Å². The summed E-state index contributed by atoms with van der Waals surface area (Å²) in [5.41, 5.74) is -1.50. The predicted octanol–water partition coefficient (Wildman–Crippen LogP) is 3.98. The number of anilines is 1. The van der Waals surface area contributed by atoms with Gasteiger partial charge in [0.25, 0.3) is 0 Å². The Morgan fingerprint density at radius 3 is 2.78 bits per heavy atom. The smallest absolute Gasteiger partial charge is 0.379 e. The van der Waals surface area contributed by atoms with Gasteiger partial charge in [-0.1, -0.05) is 32.1 Å². The van der Waals surface area contributed by atoms with Gasteiger partial charge in [-0.15, -0.1) is 0 Å². The molecule has 3 saturated heterocycles. The van der Waals surface area contributed by atoms with E-state index < -0.39 is 17.3 Å². The third-order valence-corrected chi connectivity index (χ3v) is 8.50. The minimum absolute atomic E-state index is 0.0311. The molecule has 0 N–H and O–H groups in total. The first-order valence-electron chi connectivity index (χ1n) is 13.1. The van der Waals surface area contributed by atoms with Crippen molar-refractivity contribution < 1.29 is 27.4 Å². The Morgan fingerprint density at radius 2 is 2.11 bits per heavy atom. The standard InChI is InChI=1S/C27H35F3N4O3/c1-17(2)26(9-7-18(12-26)13-31-21-8-10-37-16-22(21)36-3)25(35)34-15-19-11-20(34)14-33(19)24-6-4-5-23(32-24)27(28,29)30/h4-7,9,13,17-22H,8,10-12,14-16H2,1-3H3/t18-,19+,20+,21+,22-,26+/m1/s1. The fourth-order valence-electron chi connectivity index (χ4n) is 6.28. The van der Waals surface area contributed by atoms with Gasteiger partial charge >= 0.3 is 6.18 Å². The molecule has 1 aromatic heterocycles. The number of aliphatic imine (C=N–C) groups is 1. The molecule has 0 unspecified atom stereocenters. The number of nitrogens with zero attached hydrogens (tertiary/aromatic N) is 4. The summed E-state index contributed by atoms with van der Waals surface area (Å²) in [5, 5.41) is 0. The summed E-state index contributed by atoms with van der Waals surface area (Å²) in [7, 11) is 1.67. The molecule has 4 aliphatic rings. The number of likely N-dealkylation sites (tertiary alicyclic amines) is 1. The molecule has 3 aliphatic heterocycles. The number of carbonyl (C=O) groups is 1. The number of allylic oxidation sites excluding steroid dienone is 1. The zero-order chi connectivity index (χ0) is 26.4. The van der Waals surface area contributed by atoms with Crippen molar-refractivity contribution >= 4 is 17.9 Å². The van der Waals surface area contributed by atoms with Crippen LogP contribution in [0.4, 0.5) is 19.0 Å². The van der Waals surface area contributed by atoms with E-state index in [0.717, 1.165) is 18.9 Å². The third kappa shape index (κ3) is 4.90. The number of alkyl halides is 3. The van der Waals surface area contributed by atoms with Crippen LogP contribution in [0, 0.1) is 17.3 Å². The van der Waals surface area contributed by atoms with E-state index >= 15 is 0 Å². The maximum absolute atomic E-state index is 14.0. The molecule has 5 rings (SSSR count). The second kappa shape index (κ2) is 10.0. The van der Waals surface area contributed by atoms with Crippen LogP contribution < -0.4 is 4.90 Å². The summed E-state index contributed by atoms with van der Waals surface area (Å²) in [4.78, 5) is 26.5. The number of rotatable bonds is 6. The maximum Gasteiger partial charge on any atom is 0.433 e. The minimum atomic E-state index is -4.48. The quantitative estimate of drug-likeness (QED) is 0.419. The Hall–Kier alpha value is -2.46. The van der Waals surface area contributed by atoms with Crippen molar-refractivity contribution in [3.63, 3.8) is 0 Å². The van der Waals surface area contributed by atoms with Gasteiger partial charge in [0.15, 0.2) is 0 Å². The number of carbonyl (C=O) groups excluding carboxylic acids is 1. The third-order valence-electron chi connectivity index (χ3n) is 8.50. The van der Waals surface area contributed by atoms with Crippen LogP contribution in [0.5, 0.6) is 0 Å². The number of methoxy groups -OCH3 is 1. The van der Waals surface area contributed by atoms with Gasteiger partial charge in [-0.3, -0.25) is 9.79 Å². The molecule has 0 aromatic carbocycles. The monoisotopic (exact) mass is 520 g/mol. The summed E-state index contributed by atoms with van der Waals surface area (Å²) in [6, 6.07) is 4.00. The van der Waals surface area contributed by atoms with Crippen LogP contribution in [0.2, 0.25) is 0 Å². The lowest BCUT2D eigenvalue weighted by Crippen LogP contribution is -2.54. The number of hydrogen-bond acceptors (Lipinski definition) is 6. The molecule has 0 spiro atoms. The van der Waals surface area contributed by atoms with E-state index in [2.05, 4.69) is 31.0 Å². The van der Waals surface area contributed by atoms with Crippen LogP contribution in [-0.2, 0) is 20.4 Å². The molecule has 0 saturated carbocycles. The Kier molecular flexibility index (Phi) is 7.08. The van der Waals surface area contributed by atoms with E-state index in [0.29, 0.717) is 38.5 Å². The van der Waals surface area contributed by atoms with Gasteiger partial charge in [0, 0.05) is 38.9 Å². The molecule has 3 fully saturated rings. The molecular formula is C27H35F3N4O3. The first kappa shape index (κ1) is 26.2. The lowest BCUT2D eigenvalue weighted by Gasteiger charge is -2.41. The van der Waals surface area contributed by atoms with Gasteiger partial charge in [0.1, 0.15) is 17.6 Å². The summed E-state index contributed by atoms with van der Waals surface area (Å²) < 4.78 is 50.5. The number of halogens is 3. The van der Waals surface area contributed by atoms with Crippen LogP contribution in [0.3, 0.4) is 0 Å². The number of ether oxygens (including phenoxy) is 2. The number of aromatic nitrogens is 1. The summed E-state index contributed by atoms with van der Waals surface area (Å²) in [6.45, 7) is 6.36. The highest BCUT2D eigenvalue weighted by Crippen LogP contribution is 2.46. The second-order valence-corrected chi connectivity index (χ2v) is 11.0. The Balaban J connectivity index is 1.26. The molecule has 10 heteroatoms. The molecule has 0 radical (unpaired) electrons. The number of fused-ring (bicyclic) bond motifs is 2. The summed E-state index contributed by atoms with van der Waals surface area (Å²) in [5.74, 6) is 0.606. The summed E-state index contributed by atoms with van der Waals surface area (Å²) >= 11 is 0. The maximum atomic E-state index is 14.0. The Bertz CT molecular complexity index is 1060. The normalized spacial score (nSPS) is 33.9. The number of pyridine rings is 1. The van der Waals surface area contributed by atoms with E-state index in [1.165, 1.54) is 6.07 Å². The lowest BCUT2D eigenvalue weighted by molar-refractivity contribution is -0.143. The molecule has 7 nitrogen and oxygen atoms in total. The SMILES string of the molecule is CO[C@@H]1COCC[C@@H]1N=C[C@@H]1C=C[C@@](C(=O)N2C[C@@H]3C[C@H]2CN3c2cccc(C(F)(F)F)n2)(C(C)C)C1. The first-order chi connectivity index (χ1) is 17.6. The van der Waals surface area contributed by atoms with Crippen molar-refractivity contribution in [3.05, 3.63) is 36.0 Å². The van der Waals surface area contributed by atoms with Crippen LogP contribution in [0.15, 0.2) is 35.3 Å². The van der Waals surface area contributed by atoms with Crippen molar-refractivity contribution in [3.8, 4) is 0 Å². The Labute approximate surface area is 215 Å². The van der Waals surface area contributed by atoms with Gasteiger partial charge in [0.2, 0.25) is 5.91 Å².